The zero-order chi connectivity index (χ0) is 19.1. The molecule has 5 nitrogen and oxygen atoms in total. The molecule has 2 aromatic carbocycles. The van der Waals surface area contributed by atoms with E-state index in [1.165, 1.54) is 12.1 Å². The molecule has 0 bridgehead atoms. The van der Waals surface area contributed by atoms with E-state index in [1.807, 2.05) is 13.0 Å². The van der Waals surface area contributed by atoms with Crippen LogP contribution < -0.4 is 10.1 Å². The van der Waals surface area contributed by atoms with Gasteiger partial charge < -0.3 is 20.3 Å². The van der Waals surface area contributed by atoms with Gasteiger partial charge in [0, 0.05) is 17.4 Å². The lowest BCUT2D eigenvalue weighted by Gasteiger charge is -2.10. The molecule has 0 fully saturated rings. The van der Waals surface area contributed by atoms with Crippen LogP contribution in [0.15, 0.2) is 34.8 Å². The molecule has 0 atom stereocenters. The Labute approximate surface area is 166 Å². The van der Waals surface area contributed by atoms with Crippen LogP contribution in [-0.2, 0) is 11.2 Å². The molecule has 0 saturated heterocycles. The first-order valence-electron chi connectivity index (χ1n) is 8.23. The first kappa shape index (κ1) is 20.4. The summed E-state index contributed by atoms with van der Waals surface area (Å²) < 4.78 is 6.45. The van der Waals surface area contributed by atoms with Crippen molar-refractivity contribution in [3.05, 3.63) is 51.0 Å². The van der Waals surface area contributed by atoms with Crippen molar-refractivity contribution in [2.45, 2.75) is 26.2 Å². The van der Waals surface area contributed by atoms with Gasteiger partial charge in [-0.3, -0.25) is 4.79 Å². The van der Waals surface area contributed by atoms with Crippen LogP contribution in [-0.4, -0.2) is 29.3 Å². The molecule has 0 saturated carbocycles. The SMILES string of the molecule is Cc1cc(O)c(O)cc1CCNC(=O)CCCOc1ccc(Br)cc1Cl. The van der Waals surface area contributed by atoms with E-state index in [4.69, 9.17) is 16.3 Å². The number of ether oxygens (including phenoxy) is 1. The normalized spacial score (nSPS) is 10.6. The Morgan fingerprint density at radius 1 is 1.23 bits per heavy atom. The zero-order valence-corrected chi connectivity index (χ0v) is 16.7. The van der Waals surface area contributed by atoms with Gasteiger partial charge in [0.2, 0.25) is 5.91 Å². The summed E-state index contributed by atoms with van der Waals surface area (Å²) >= 11 is 9.39. The van der Waals surface area contributed by atoms with Crippen LogP contribution in [0.4, 0.5) is 0 Å². The summed E-state index contributed by atoms with van der Waals surface area (Å²) in [6.45, 7) is 2.71. The Morgan fingerprint density at radius 3 is 2.69 bits per heavy atom. The van der Waals surface area contributed by atoms with Gasteiger partial charge >= 0.3 is 0 Å². The van der Waals surface area contributed by atoms with Gasteiger partial charge in [-0.05, 0) is 61.2 Å². The summed E-state index contributed by atoms with van der Waals surface area (Å²) in [5, 5.41) is 22.3. The van der Waals surface area contributed by atoms with Crippen molar-refractivity contribution in [2.75, 3.05) is 13.2 Å². The van der Waals surface area contributed by atoms with Gasteiger partial charge in [-0.2, -0.15) is 0 Å². The lowest BCUT2D eigenvalue weighted by molar-refractivity contribution is -0.121. The molecule has 140 valence electrons. The van der Waals surface area contributed by atoms with Crippen molar-refractivity contribution in [1.82, 2.24) is 5.32 Å². The van der Waals surface area contributed by atoms with Crippen LogP contribution >= 0.6 is 27.5 Å². The van der Waals surface area contributed by atoms with Gasteiger partial charge in [-0.1, -0.05) is 27.5 Å². The highest BCUT2D eigenvalue weighted by Gasteiger charge is 2.07. The zero-order valence-electron chi connectivity index (χ0n) is 14.4. The molecule has 0 aromatic heterocycles. The number of carbonyl (C=O) groups is 1. The minimum absolute atomic E-state index is 0.0591. The Hall–Kier alpha value is -1.92. The van der Waals surface area contributed by atoms with Crippen molar-refractivity contribution >= 4 is 33.4 Å². The molecule has 26 heavy (non-hydrogen) atoms. The summed E-state index contributed by atoms with van der Waals surface area (Å²) in [5.74, 6) is 0.246. The van der Waals surface area contributed by atoms with Crippen LogP contribution in [0, 0.1) is 6.92 Å². The van der Waals surface area contributed by atoms with Crippen molar-refractivity contribution in [3.8, 4) is 17.2 Å². The summed E-state index contributed by atoms with van der Waals surface area (Å²) in [5.41, 5.74) is 1.75. The number of rotatable bonds is 8. The number of phenolic OH excluding ortho intramolecular Hbond substituents is 2. The third-order valence-electron chi connectivity index (χ3n) is 3.85. The minimum atomic E-state index is -0.152. The van der Waals surface area contributed by atoms with E-state index >= 15 is 0 Å². The quantitative estimate of drug-likeness (QED) is 0.420. The number of amides is 1. The molecule has 0 aliphatic heterocycles. The Kier molecular flexibility index (Phi) is 7.60. The van der Waals surface area contributed by atoms with Crippen LogP contribution in [0.2, 0.25) is 5.02 Å². The molecule has 0 aliphatic rings. The smallest absolute Gasteiger partial charge is 0.220 e. The van der Waals surface area contributed by atoms with Crippen LogP contribution in [0.25, 0.3) is 0 Å². The number of carbonyl (C=O) groups excluding carboxylic acids is 1. The molecule has 1 amide bonds. The molecule has 0 aliphatic carbocycles. The van der Waals surface area contributed by atoms with Gasteiger partial charge in [0.25, 0.3) is 0 Å². The fourth-order valence-corrected chi connectivity index (χ4v) is 3.15. The van der Waals surface area contributed by atoms with Gasteiger partial charge in [-0.25, -0.2) is 0 Å². The summed E-state index contributed by atoms with van der Waals surface area (Å²) in [6.07, 6.45) is 1.52. The van der Waals surface area contributed by atoms with Gasteiger partial charge in [0.05, 0.1) is 11.6 Å². The fourth-order valence-electron chi connectivity index (χ4n) is 2.43. The molecule has 3 N–H and O–H groups in total. The van der Waals surface area contributed by atoms with Crippen LogP contribution in [0.5, 0.6) is 17.2 Å². The van der Waals surface area contributed by atoms with E-state index in [9.17, 15) is 15.0 Å². The molecule has 2 aromatic rings. The van der Waals surface area contributed by atoms with E-state index in [0.717, 1.165) is 15.6 Å². The van der Waals surface area contributed by atoms with Crippen LogP contribution in [0.1, 0.15) is 24.0 Å². The van der Waals surface area contributed by atoms with Crippen molar-refractivity contribution in [2.24, 2.45) is 0 Å². The van der Waals surface area contributed by atoms with E-state index in [1.54, 1.807) is 12.1 Å². The number of halogens is 2. The second-order valence-corrected chi connectivity index (χ2v) is 7.22. The molecular weight excluding hydrogens is 422 g/mol. The highest BCUT2D eigenvalue weighted by atomic mass is 79.9. The second kappa shape index (κ2) is 9.69. The first-order chi connectivity index (χ1) is 12.4. The number of benzene rings is 2. The molecular formula is C19H21BrClNO4. The Morgan fingerprint density at radius 2 is 1.96 bits per heavy atom. The summed E-state index contributed by atoms with van der Waals surface area (Å²) in [7, 11) is 0. The molecule has 0 heterocycles. The second-order valence-electron chi connectivity index (χ2n) is 5.89. The summed E-state index contributed by atoms with van der Waals surface area (Å²) in [6, 6.07) is 8.41. The predicted octanol–water partition coefficient (Wildman–Crippen LogP) is 4.34. The maximum atomic E-state index is 11.9. The number of aromatic hydroxyl groups is 2. The third-order valence-corrected chi connectivity index (χ3v) is 4.64. The molecule has 0 spiro atoms. The van der Waals surface area contributed by atoms with E-state index in [0.29, 0.717) is 43.2 Å². The topological polar surface area (TPSA) is 78.8 Å². The van der Waals surface area contributed by atoms with E-state index in [-0.39, 0.29) is 17.4 Å². The Balaban J connectivity index is 1.67. The number of hydrogen-bond donors (Lipinski definition) is 3. The van der Waals surface area contributed by atoms with Gasteiger partial charge in [-0.15, -0.1) is 0 Å². The highest BCUT2D eigenvalue weighted by Crippen LogP contribution is 2.28. The van der Waals surface area contributed by atoms with Crippen molar-refractivity contribution in [1.29, 1.82) is 0 Å². The maximum absolute atomic E-state index is 11.9. The highest BCUT2D eigenvalue weighted by molar-refractivity contribution is 9.10. The fraction of sp³-hybridized carbons (Fsp3) is 0.316. The molecule has 2 rings (SSSR count). The first-order valence-corrected chi connectivity index (χ1v) is 9.40. The summed E-state index contributed by atoms with van der Waals surface area (Å²) in [4.78, 5) is 11.9. The lowest BCUT2D eigenvalue weighted by Crippen LogP contribution is -2.26. The minimum Gasteiger partial charge on any atom is -0.504 e. The average molecular weight is 443 g/mol. The Bertz CT molecular complexity index is 782. The maximum Gasteiger partial charge on any atom is 0.220 e. The van der Waals surface area contributed by atoms with Gasteiger partial charge in [0.15, 0.2) is 11.5 Å². The number of aryl methyl sites for hydroxylation is 1. The van der Waals surface area contributed by atoms with Gasteiger partial charge in [0.1, 0.15) is 5.75 Å². The van der Waals surface area contributed by atoms with Crippen LogP contribution in [0.3, 0.4) is 0 Å². The molecule has 0 radical (unpaired) electrons. The molecule has 7 heteroatoms. The van der Waals surface area contributed by atoms with Crippen molar-refractivity contribution < 1.29 is 19.7 Å². The van der Waals surface area contributed by atoms with E-state index in [2.05, 4.69) is 21.2 Å². The largest absolute Gasteiger partial charge is 0.504 e. The van der Waals surface area contributed by atoms with Crippen molar-refractivity contribution in [3.63, 3.8) is 0 Å². The predicted molar refractivity (Wildman–Crippen MR) is 105 cm³/mol. The third kappa shape index (κ3) is 6.11. The number of hydrogen-bond acceptors (Lipinski definition) is 4. The monoisotopic (exact) mass is 441 g/mol. The standard InChI is InChI=1S/C19H21BrClNO4/c1-12-9-16(23)17(24)10-13(12)6-7-22-19(25)3-2-8-26-18-5-4-14(20)11-15(18)21/h4-5,9-11,23-24H,2-3,6-8H2,1H3,(H,22,25). The number of nitrogens with one attached hydrogen (secondary N) is 1. The van der Waals surface area contributed by atoms with E-state index < -0.39 is 0 Å². The molecule has 0 unspecified atom stereocenters. The number of phenols is 2. The lowest BCUT2D eigenvalue weighted by atomic mass is 10.0. The average Bonchev–Trinajstić information content (AvgIpc) is 2.58.